The molecule has 1 unspecified atom stereocenters. The summed E-state index contributed by atoms with van der Waals surface area (Å²) in [6.45, 7) is 5.60. The highest BCUT2D eigenvalue weighted by atomic mass is 19.3. The van der Waals surface area contributed by atoms with E-state index in [2.05, 4.69) is 5.32 Å². The van der Waals surface area contributed by atoms with Crippen molar-refractivity contribution in [3.8, 4) is 5.75 Å². The average Bonchev–Trinajstić information content (AvgIpc) is 2.78. The van der Waals surface area contributed by atoms with Crippen LogP contribution in [-0.2, 0) is 10.7 Å². The van der Waals surface area contributed by atoms with Gasteiger partial charge in [0.2, 0.25) is 0 Å². The first-order valence-electron chi connectivity index (χ1n) is 11.5. The first-order chi connectivity index (χ1) is 16.6. The third-order valence-electron chi connectivity index (χ3n) is 5.82. The summed E-state index contributed by atoms with van der Waals surface area (Å²) in [6, 6.07) is 15.2. The summed E-state index contributed by atoms with van der Waals surface area (Å²) in [5.41, 5.74) is 2.64. The lowest BCUT2D eigenvalue weighted by molar-refractivity contribution is -0.135. The molecule has 1 atom stereocenters. The molecule has 3 aromatic rings. The van der Waals surface area contributed by atoms with E-state index in [1.807, 2.05) is 6.92 Å². The highest BCUT2D eigenvalue weighted by Crippen LogP contribution is 2.40. The van der Waals surface area contributed by atoms with Crippen molar-refractivity contribution in [3.05, 3.63) is 99.9 Å². The lowest BCUT2D eigenvalue weighted by atomic mass is 9.91. The highest BCUT2D eigenvalue weighted by molar-refractivity contribution is 5.68. The molecule has 0 bridgehead atoms. The maximum atomic E-state index is 15.4. The van der Waals surface area contributed by atoms with E-state index in [4.69, 9.17) is 9.84 Å². The second-order valence-corrected chi connectivity index (χ2v) is 8.74. The normalized spacial score (nSPS) is 12.4. The summed E-state index contributed by atoms with van der Waals surface area (Å²) in [5, 5.41) is 11.6. The topological polar surface area (TPSA) is 58.6 Å². The second-order valence-electron chi connectivity index (χ2n) is 8.74. The lowest BCUT2D eigenvalue weighted by Crippen LogP contribution is -2.24. The number of carbonyl (C=O) groups is 1. The number of aliphatic carboxylic acids is 1. The van der Waals surface area contributed by atoms with Crippen LogP contribution in [0, 0.1) is 26.6 Å². The van der Waals surface area contributed by atoms with Crippen LogP contribution in [-0.4, -0.2) is 24.2 Å². The summed E-state index contributed by atoms with van der Waals surface area (Å²) in [4.78, 5) is 10.7. The van der Waals surface area contributed by atoms with E-state index >= 15 is 8.78 Å². The van der Waals surface area contributed by atoms with Crippen LogP contribution in [0.15, 0.2) is 60.7 Å². The molecule has 0 aliphatic heterocycles. The van der Waals surface area contributed by atoms with Gasteiger partial charge in [-0.1, -0.05) is 29.8 Å². The Morgan fingerprint density at radius 1 is 1.00 bits per heavy atom. The van der Waals surface area contributed by atoms with Crippen LogP contribution < -0.4 is 10.1 Å². The van der Waals surface area contributed by atoms with Gasteiger partial charge in [-0.05, 0) is 93.2 Å². The molecule has 186 valence electrons. The smallest absolute Gasteiger partial charge is 0.317 e. The first kappa shape index (κ1) is 26.3. The van der Waals surface area contributed by atoms with Gasteiger partial charge in [-0.25, -0.2) is 4.39 Å². The zero-order valence-corrected chi connectivity index (χ0v) is 20.1. The van der Waals surface area contributed by atoms with Crippen molar-refractivity contribution in [2.45, 2.75) is 45.6 Å². The van der Waals surface area contributed by atoms with Gasteiger partial charge in [-0.2, -0.15) is 8.78 Å². The summed E-state index contributed by atoms with van der Waals surface area (Å²) in [7, 11) is 0. The van der Waals surface area contributed by atoms with Crippen LogP contribution in [0.1, 0.15) is 52.3 Å². The van der Waals surface area contributed by atoms with E-state index in [1.165, 1.54) is 36.4 Å². The van der Waals surface area contributed by atoms with Crippen molar-refractivity contribution in [2.75, 3.05) is 13.1 Å². The van der Waals surface area contributed by atoms with Crippen LogP contribution in [0.3, 0.4) is 0 Å². The molecule has 0 heterocycles. The SMILES string of the molecule is Cc1cc(C)c(C(F)(F)c2ccc(OC(CCCNCC(=O)O)c3ccc(F)cc3)cc2)c(C)c1. The highest BCUT2D eigenvalue weighted by Gasteiger charge is 2.37. The molecular weight excluding hydrogens is 455 g/mol. The Morgan fingerprint density at radius 3 is 2.17 bits per heavy atom. The monoisotopic (exact) mass is 485 g/mol. The van der Waals surface area contributed by atoms with Crippen LogP contribution in [0.25, 0.3) is 0 Å². The molecular formula is C28H30F3NO3. The molecule has 4 nitrogen and oxygen atoms in total. The van der Waals surface area contributed by atoms with E-state index in [0.29, 0.717) is 36.3 Å². The number of rotatable bonds is 11. The molecule has 7 heteroatoms. The Bertz CT molecular complexity index is 1120. The van der Waals surface area contributed by atoms with E-state index in [0.717, 1.165) is 11.1 Å². The Balaban J connectivity index is 1.77. The second kappa shape index (κ2) is 11.4. The number of aryl methyl sites for hydroxylation is 3. The molecule has 0 fully saturated rings. The number of hydrogen-bond acceptors (Lipinski definition) is 3. The zero-order valence-electron chi connectivity index (χ0n) is 20.1. The van der Waals surface area contributed by atoms with E-state index in [-0.39, 0.29) is 23.5 Å². The minimum Gasteiger partial charge on any atom is -0.486 e. The van der Waals surface area contributed by atoms with Gasteiger partial charge in [-0.3, -0.25) is 4.79 Å². The van der Waals surface area contributed by atoms with E-state index in [9.17, 15) is 9.18 Å². The molecule has 0 saturated heterocycles. The molecule has 0 spiro atoms. The molecule has 3 aromatic carbocycles. The van der Waals surface area contributed by atoms with Gasteiger partial charge >= 0.3 is 5.97 Å². The van der Waals surface area contributed by atoms with Gasteiger partial charge in [-0.15, -0.1) is 0 Å². The number of hydrogen-bond donors (Lipinski definition) is 2. The molecule has 2 N–H and O–H groups in total. The Morgan fingerprint density at radius 2 is 1.60 bits per heavy atom. The van der Waals surface area contributed by atoms with Crippen molar-refractivity contribution in [2.24, 2.45) is 0 Å². The van der Waals surface area contributed by atoms with Gasteiger partial charge in [0.1, 0.15) is 17.7 Å². The zero-order chi connectivity index (χ0) is 25.6. The third kappa shape index (κ3) is 6.85. The molecule has 35 heavy (non-hydrogen) atoms. The number of ether oxygens (including phenoxy) is 1. The van der Waals surface area contributed by atoms with E-state index < -0.39 is 18.0 Å². The van der Waals surface area contributed by atoms with E-state index in [1.54, 1.807) is 38.1 Å². The average molecular weight is 486 g/mol. The maximum Gasteiger partial charge on any atom is 0.317 e. The van der Waals surface area contributed by atoms with Crippen LogP contribution >= 0.6 is 0 Å². The Hall–Kier alpha value is -3.32. The predicted octanol–water partition coefficient (Wildman–Crippen LogP) is 6.47. The predicted molar refractivity (Wildman–Crippen MR) is 130 cm³/mol. The molecule has 0 radical (unpaired) electrons. The molecule has 3 rings (SSSR count). The first-order valence-corrected chi connectivity index (χ1v) is 11.5. The van der Waals surface area contributed by atoms with Crippen molar-refractivity contribution in [1.29, 1.82) is 0 Å². The minimum atomic E-state index is -3.16. The van der Waals surface area contributed by atoms with Crippen molar-refractivity contribution >= 4 is 5.97 Å². The fourth-order valence-corrected chi connectivity index (χ4v) is 4.31. The standard InChI is InChI=1S/C28H30F3NO3/c1-18-15-19(2)27(20(3)16-18)28(30,31)22-8-12-24(13-9-22)35-25(5-4-14-32-17-26(33)34)21-6-10-23(29)11-7-21/h6-13,15-16,25,32H,4-5,14,17H2,1-3H3,(H,33,34). The van der Waals surface area contributed by atoms with Crippen LogP contribution in [0.5, 0.6) is 5.75 Å². The maximum absolute atomic E-state index is 15.4. The quantitative estimate of drug-likeness (QED) is 0.306. The molecule has 0 aromatic heterocycles. The number of alkyl halides is 2. The number of carboxylic acid groups (broad SMARTS) is 1. The van der Waals surface area contributed by atoms with Crippen LogP contribution in [0.2, 0.25) is 0 Å². The number of benzene rings is 3. The van der Waals surface area contributed by atoms with Gasteiger partial charge in [0.25, 0.3) is 5.92 Å². The summed E-state index contributed by atoms with van der Waals surface area (Å²) in [6.07, 6.45) is 0.685. The number of carboxylic acids is 1. The third-order valence-corrected chi connectivity index (χ3v) is 5.82. The Labute approximate surface area is 203 Å². The molecule has 0 aliphatic carbocycles. The van der Waals surface area contributed by atoms with Gasteiger partial charge in [0, 0.05) is 11.1 Å². The molecule has 0 aliphatic rings. The Kier molecular flexibility index (Phi) is 8.57. The molecule has 0 amide bonds. The van der Waals surface area contributed by atoms with Crippen molar-refractivity contribution in [1.82, 2.24) is 5.32 Å². The summed E-state index contributed by atoms with van der Waals surface area (Å²) in [5.74, 6) is -4.06. The van der Waals surface area contributed by atoms with Gasteiger partial charge in [0.15, 0.2) is 0 Å². The summed E-state index contributed by atoms with van der Waals surface area (Å²) < 4.78 is 50.3. The van der Waals surface area contributed by atoms with Gasteiger partial charge in [0.05, 0.1) is 6.54 Å². The summed E-state index contributed by atoms with van der Waals surface area (Å²) >= 11 is 0. The van der Waals surface area contributed by atoms with Crippen molar-refractivity contribution in [3.63, 3.8) is 0 Å². The number of nitrogens with one attached hydrogen (secondary N) is 1. The fourth-order valence-electron chi connectivity index (χ4n) is 4.31. The largest absolute Gasteiger partial charge is 0.486 e. The number of halogens is 3. The van der Waals surface area contributed by atoms with Gasteiger partial charge < -0.3 is 15.2 Å². The van der Waals surface area contributed by atoms with Crippen LogP contribution in [0.4, 0.5) is 13.2 Å². The lowest BCUT2D eigenvalue weighted by Gasteiger charge is -2.23. The molecule has 0 saturated carbocycles. The fraction of sp³-hybridized carbons (Fsp3) is 0.321. The van der Waals surface area contributed by atoms with Crippen molar-refractivity contribution < 1.29 is 27.8 Å². The minimum absolute atomic E-state index is 0.00909.